The highest BCUT2D eigenvalue weighted by Gasteiger charge is 2.09. The van der Waals surface area contributed by atoms with E-state index in [1.54, 1.807) is 18.3 Å². The molecule has 0 aliphatic carbocycles. The Morgan fingerprint density at radius 3 is 2.88 bits per heavy atom. The van der Waals surface area contributed by atoms with Crippen molar-refractivity contribution in [2.45, 2.75) is 0 Å². The van der Waals surface area contributed by atoms with E-state index in [0.717, 1.165) is 5.82 Å². The van der Waals surface area contributed by atoms with E-state index >= 15 is 0 Å². The molecule has 88 valence electrons. The summed E-state index contributed by atoms with van der Waals surface area (Å²) in [5, 5.41) is 8.79. The van der Waals surface area contributed by atoms with Gasteiger partial charge in [-0.15, -0.1) is 0 Å². The Labute approximate surface area is 97.9 Å². The van der Waals surface area contributed by atoms with E-state index in [9.17, 15) is 4.79 Å². The number of amides is 1. The Morgan fingerprint density at radius 2 is 2.24 bits per heavy atom. The number of H-pyrrole nitrogens is 1. The first-order valence-electron chi connectivity index (χ1n) is 4.97. The maximum atomic E-state index is 11.8. The number of rotatable bonds is 3. The second kappa shape index (κ2) is 4.60. The van der Waals surface area contributed by atoms with Gasteiger partial charge in [-0.1, -0.05) is 0 Å². The van der Waals surface area contributed by atoms with Gasteiger partial charge in [-0.05, 0) is 12.1 Å². The summed E-state index contributed by atoms with van der Waals surface area (Å²) in [7, 11) is 3.72. The monoisotopic (exact) mass is 232 g/mol. The Morgan fingerprint density at radius 1 is 1.41 bits per heavy atom. The number of carbonyl (C=O) groups excluding carboxylic acids is 1. The van der Waals surface area contributed by atoms with Gasteiger partial charge < -0.3 is 4.90 Å². The molecule has 17 heavy (non-hydrogen) atoms. The minimum absolute atomic E-state index is 0.257. The zero-order chi connectivity index (χ0) is 12.3. The molecule has 0 aliphatic heterocycles. The molecule has 0 atom stereocenters. The molecule has 2 N–H and O–H groups in total. The van der Waals surface area contributed by atoms with Gasteiger partial charge in [-0.3, -0.25) is 10.1 Å². The van der Waals surface area contributed by atoms with Crippen LogP contribution in [0, 0.1) is 0 Å². The molecule has 2 aromatic heterocycles. The second-order valence-electron chi connectivity index (χ2n) is 3.59. The molecule has 7 heteroatoms. The summed E-state index contributed by atoms with van der Waals surface area (Å²) in [6.45, 7) is 0. The van der Waals surface area contributed by atoms with Crippen molar-refractivity contribution in [3.8, 4) is 0 Å². The van der Waals surface area contributed by atoms with Crippen molar-refractivity contribution in [3.05, 3.63) is 30.2 Å². The summed E-state index contributed by atoms with van der Waals surface area (Å²) >= 11 is 0. The number of pyridine rings is 1. The molecule has 0 bridgehead atoms. The first-order chi connectivity index (χ1) is 8.16. The van der Waals surface area contributed by atoms with Crippen molar-refractivity contribution >= 4 is 17.7 Å². The summed E-state index contributed by atoms with van der Waals surface area (Å²) in [6.07, 6.45) is 2.91. The molecule has 0 aromatic carbocycles. The maximum absolute atomic E-state index is 11.8. The van der Waals surface area contributed by atoms with Crippen molar-refractivity contribution < 1.29 is 4.79 Å². The molecule has 0 spiro atoms. The van der Waals surface area contributed by atoms with Gasteiger partial charge in [-0.25, -0.2) is 10.1 Å². The molecule has 7 nitrogen and oxygen atoms in total. The fourth-order valence-corrected chi connectivity index (χ4v) is 1.25. The van der Waals surface area contributed by atoms with Crippen LogP contribution in [0.5, 0.6) is 0 Å². The number of carbonyl (C=O) groups is 1. The zero-order valence-electron chi connectivity index (χ0n) is 9.51. The van der Waals surface area contributed by atoms with Gasteiger partial charge in [0.1, 0.15) is 12.1 Å². The maximum Gasteiger partial charge on any atom is 0.258 e. The molecular formula is C10H12N6O. The molecule has 0 unspecified atom stereocenters. The van der Waals surface area contributed by atoms with Crippen LogP contribution in [0.2, 0.25) is 0 Å². The van der Waals surface area contributed by atoms with E-state index in [1.165, 1.54) is 6.33 Å². The Kier molecular flexibility index (Phi) is 2.99. The van der Waals surface area contributed by atoms with Crippen LogP contribution in [0.25, 0.3) is 0 Å². The summed E-state index contributed by atoms with van der Waals surface area (Å²) in [4.78, 5) is 21.6. The predicted molar refractivity (Wildman–Crippen MR) is 62.9 cm³/mol. The highest BCUT2D eigenvalue weighted by Crippen LogP contribution is 2.10. The lowest BCUT2D eigenvalue weighted by Gasteiger charge is -2.11. The molecule has 2 heterocycles. The van der Waals surface area contributed by atoms with Gasteiger partial charge in [0.2, 0.25) is 5.95 Å². The molecule has 0 radical (unpaired) electrons. The van der Waals surface area contributed by atoms with Gasteiger partial charge in [0.15, 0.2) is 0 Å². The van der Waals surface area contributed by atoms with Crippen LogP contribution in [0.4, 0.5) is 11.8 Å². The van der Waals surface area contributed by atoms with Crippen LogP contribution in [-0.2, 0) is 0 Å². The first-order valence-corrected chi connectivity index (χ1v) is 4.97. The molecule has 0 saturated carbocycles. The highest BCUT2D eigenvalue weighted by atomic mass is 16.1. The molecule has 0 aliphatic rings. The number of hydrogen-bond acceptors (Lipinski definition) is 5. The van der Waals surface area contributed by atoms with E-state index < -0.39 is 0 Å². The van der Waals surface area contributed by atoms with Crippen LogP contribution in [0.15, 0.2) is 24.7 Å². The fraction of sp³-hybridized carbons (Fsp3) is 0.200. The van der Waals surface area contributed by atoms with Crippen molar-refractivity contribution in [3.63, 3.8) is 0 Å². The smallest absolute Gasteiger partial charge is 0.258 e. The lowest BCUT2D eigenvalue weighted by molar-refractivity contribution is 0.102. The quantitative estimate of drug-likeness (QED) is 0.805. The van der Waals surface area contributed by atoms with Gasteiger partial charge >= 0.3 is 0 Å². The third-order valence-corrected chi connectivity index (χ3v) is 2.11. The van der Waals surface area contributed by atoms with Gasteiger partial charge in [0.05, 0.1) is 0 Å². The van der Waals surface area contributed by atoms with E-state index in [0.29, 0.717) is 11.5 Å². The molecule has 0 saturated heterocycles. The summed E-state index contributed by atoms with van der Waals surface area (Å²) in [5.41, 5.74) is 0.514. The van der Waals surface area contributed by atoms with Crippen molar-refractivity contribution in [2.75, 3.05) is 24.3 Å². The van der Waals surface area contributed by atoms with Crippen molar-refractivity contribution in [1.82, 2.24) is 20.2 Å². The molecule has 2 rings (SSSR count). The van der Waals surface area contributed by atoms with Crippen LogP contribution in [0.3, 0.4) is 0 Å². The number of aromatic amines is 1. The number of nitrogens with zero attached hydrogens (tertiary/aromatic N) is 4. The van der Waals surface area contributed by atoms with Gasteiger partial charge in [0, 0.05) is 25.9 Å². The predicted octanol–water partition coefficient (Wildman–Crippen LogP) is 0.518. The number of anilines is 2. The average molecular weight is 232 g/mol. The Balaban J connectivity index is 2.16. The van der Waals surface area contributed by atoms with Crippen LogP contribution in [-0.4, -0.2) is 40.2 Å². The lowest BCUT2D eigenvalue weighted by atomic mass is 10.2. The molecule has 2 aromatic rings. The van der Waals surface area contributed by atoms with E-state index in [2.05, 4.69) is 25.5 Å². The standard InChI is InChI=1S/C10H12N6O/c1-16(2)8-5-7(3-4-11-8)9(17)14-10-12-6-13-15-10/h3-6H,1-2H3,(H2,12,13,14,15,17). The van der Waals surface area contributed by atoms with Gasteiger partial charge in [-0.2, -0.15) is 10.1 Å². The van der Waals surface area contributed by atoms with E-state index in [-0.39, 0.29) is 5.91 Å². The van der Waals surface area contributed by atoms with Crippen molar-refractivity contribution in [1.29, 1.82) is 0 Å². The molecular weight excluding hydrogens is 220 g/mol. The minimum Gasteiger partial charge on any atom is -0.363 e. The average Bonchev–Trinajstić information content (AvgIpc) is 2.82. The number of hydrogen-bond donors (Lipinski definition) is 2. The van der Waals surface area contributed by atoms with Crippen LogP contribution in [0.1, 0.15) is 10.4 Å². The Bertz CT molecular complexity index is 507. The fourth-order valence-electron chi connectivity index (χ4n) is 1.25. The van der Waals surface area contributed by atoms with Crippen LogP contribution >= 0.6 is 0 Å². The molecule has 1 amide bonds. The zero-order valence-corrected chi connectivity index (χ0v) is 9.51. The first kappa shape index (κ1) is 11.1. The Hall–Kier alpha value is -2.44. The third-order valence-electron chi connectivity index (χ3n) is 2.11. The van der Waals surface area contributed by atoms with E-state index in [1.807, 2.05) is 19.0 Å². The second-order valence-corrected chi connectivity index (χ2v) is 3.59. The van der Waals surface area contributed by atoms with E-state index in [4.69, 9.17) is 0 Å². The topological polar surface area (TPSA) is 86.8 Å². The number of nitrogens with one attached hydrogen (secondary N) is 2. The largest absolute Gasteiger partial charge is 0.363 e. The molecule has 0 fully saturated rings. The van der Waals surface area contributed by atoms with Crippen LogP contribution < -0.4 is 10.2 Å². The SMILES string of the molecule is CN(C)c1cc(C(=O)Nc2ncn[nH]2)ccn1. The summed E-state index contributed by atoms with van der Waals surface area (Å²) in [6, 6.07) is 3.34. The summed E-state index contributed by atoms with van der Waals surface area (Å²) < 4.78 is 0. The third kappa shape index (κ3) is 2.57. The van der Waals surface area contributed by atoms with Crippen molar-refractivity contribution in [2.24, 2.45) is 0 Å². The minimum atomic E-state index is -0.257. The number of aromatic nitrogens is 4. The highest BCUT2D eigenvalue weighted by molar-refractivity contribution is 6.03. The lowest BCUT2D eigenvalue weighted by Crippen LogP contribution is -2.15. The normalized spacial score (nSPS) is 10.0. The summed E-state index contributed by atoms with van der Waals surface area (Å²) in [5.74, 6) is 0.778. The van der Waals surface area contributed by atoms with Gasteiger partial charge in [0.25, 0.3) is 5.91 Å².